The van der Waals surface area contributed by atoms with Crippen molar-refractivity contribution in [2.24, 2.45) is 5.92 Å². The molecule has 1 amide bonds. The molecule has 2 rings (SSSR count). The molecule has 4 heteroatoms. The molecule has 1 fully saturated rings. The van der Waals surface area contributed by atoms with Gasteiger partial charge in [-0.3, -0.25) is 10.1 Å². The van der Waals surface area contributed by atoms with Crippen molar-refractivity contribution in [3.8, 4) is 0 Å². The standard InChI is InChI=1S/C17H26N2O2/c1-12(2)11-21-10-9-19-16(18-14(4)17(19)20)15-7-5-13(3)6-8-15/h5-8,12,14,16,18H,9-11H2,1-4H3. The normalized spacial score (nSPS) is 22.3. The van der Waals surface area contributed by atoms with Gasteiger partial charge in [-0.05, 0) is 25.3 Å². The smallest absolute Gasteiger partial charge is 0.241 e. The highest BCUT2D eigenvalue weighted by Crippen LogP contribution is 2.25. The van der Waals surface area contributed by atoms with Gasteiger partial charge in [0.05, 0.1) is 12.6 Å². The van der Waals surface area contributed by atoms with Crippen molar-refractivity contribution in [1.29, 1.82) is 0 Å². The summed E-state index contributed by atoms with van der Waals surface area (Å²) in [7, 11) is 0. The predicted octanol–water partition coefficient (Wildman–Crippen LogP) is 2.49. The topological polar surface area (TPSA) is 41.6 Å². The SMILES string of the molecule is Cc1ccc(C2NC(C)C(=O)N2CCOCC(C)C)cc1. The van der Waals surface area contributed by atoms with Gasteiger partial charge in [0.25, 0.3) is 0 Å². The minimum absolute atomic E-state index is 0.0456. The Labute approximate surface area is 127 Å². The zero-order valence-corrected chi connectivity index (χ0v) is 13.4. The monoisotopic (exact) mass is 290 g/mol. The summed E-state index contributed by atoms with van der Waals surface area (Å²) in [6, 6.07) is 8.19. The Morgan fingerprint density at radius 3 is 2.57 bits per heavy atom. The van der Waals surface area contributed by atoms with Crippen molar-refractivity contribution in [3.63, 3.8) is 0 Å². The van der Waals surface area contributed by atoms with Crippen LogP contribution >= 0.6 is 0 Å². The fourth-order valence-electron chi connectivity index (χ4n) is 2.52. The van der Waals surface area contributed by atoms with E-state index in [4.69, 9.17) is 4.74 Å². The molecule has 0 bridgehead atoms. The van der Waals surface area contributed by atoms with Crippen LogP contribution in [0.2, 0.25) is 0 Å². The molecule has 21 heavy (non-hydrogen) atoms. The molecule has 0 radical (unpaired) electrons. The predicted molar refractivity (Wildman–Crippen MR) is 83.9 cm³/mol. The lowest BCUT2D eigenvalue weighted by atomic mass is 10.1. The van der Waals surface area contributed by atoms with Crippen LogP contribution in [0.15, 0.2) is 24.3 Å². The first-order valence-electron chi connectivity index (χ1n) is 7.70. The number of hydrogen-bond acceptors (Lipinski definition) is 3. The van der Waals surface area contributed by atoms with Crippen LogP contribution in [0.25, 0.3) is 0 Å². The van der Waals surface area contributed by atoms with E-state index in [1.54, 1.807) is 0 Å². The molecule has 1 heterocycles. The lowest BCUT2D eigenvalue weighted by Gasteiger charge is -2.24. The average molecular weight is 290 g/mol. The molecule has 1 aliphatic heterocycles. The van der Waals surface area contributed by atoms with Crippen molar-refractivity contribution in [2.45, 2.75) is 39.9 Å². The maximum absolute atomic E-state index is 12.3. The molecule has 0 spiro atoms. The van der Waals surface area contributed by atoms with Gasteiger partial charge in [0, 0.05) is 13.2 Å². The van der Waals surface area contributed by atoms with Gasteiger partial charge in [-0.2, -0.15) is 0 Å². The Morgan fingerprint density at radius 2 is 1.95 bits per heavy atom. The highest BCUT2D eigenvalue weighted by molar-refractivity contribution is 5.84. The Balaban J connectivity index is 2.01. The van der Waals surface area contributed by atoms with E-state index >= 15 is 0 Å². The number of nitrogens with one attached hydrogen (secondary N) is 1. The van der Waals surface area contributed by atoms with E-state index in [0.29, 0.717) is 19.1 Å². The van der Waals surface area contributed by atoms with Crippen LogP contribution < -0.4 is 5.32 Å². The molecule has 2 unspecified atom stereocenters. The summed E-state index contributed by atoms with van der Waals surface area (Å²) >= 11 is 0. The summed E-state index contributed by atoms with van der Waals surface area (Å²) < 4.78 is 5.62. The molecular weight excluding hydrogens is 264 g/mol. The van der Waals surface area contributed by atoms with Gasteiger partial charge < -0.3 is 9.64 Å². The van der Waals surface area contributed by atoms with E-state index < -0.39 is 0 Å². The van der Waals surface area contributed by atoms with Gasteiger partial charge in [0.15, 0.2) is 0 Å². The number of nitrogens with zero attached hydrogens (tertiary/aromatic N) is 1. The van der Waals surface area contributed by atoms with Crippen LogP contribution in [0.3, 0.4) is 0 Å². The minimum atomic E-state index is -0.138. The van der Waals surface area contributed by atoms with Crippen molar-refractivity contribution >= 4 is 5.91 Å². The van der Waals surface area contributed by atoms with E-state index in [9.17, 15) is 4.79 Å². The number of hydrogen-bond donors (Lipinski definition) is 1. The molecular formula is C17H26N2O2. The average Bonchev–Trinajstić information content (AvgIpc) is 2.72. The first-order chi connectivity index (χ1) is 9.99. The number of carbonyl (C=O) groups is 1. The minimum Gasteiger partial charge on any atom is -0.379 e. The quantitative estimate of drug-likeness (QED) is 0.818. The molecule has 1 aliphatic rings. The molecule has 0 saturated carbocycles. The Bertz CT molecular complexity index is 470. The molecule has 1 aromatic rings. The number of rotatable bonds is 6. The third-order valence-electron chi connectivity index (χ3n) is 3.69. The van der Waals surface area contributed by atoms with Crippen LogP contribution in [-0.2, 0) is 9.53 Å². The largest absolute Gasteiger partial charge is 0.379 e. The second-order valence-corrected chi connectivity index (χ2v) is 6.20. The van der Waals surface area contributed by atoms with Crippen LogP contribution in [0.1, 0.15) is 38.1 Å². The fraction of sp³-hybridized carbons (Fsp3) is 0.588. The summed E-state index contributed by atoms with van der Waals surface area (Å²) in [5, 5.41) is 3.36. The molecule has 116 valence electrons. The lowest BCUT2D eigenvalue weighted by Crippen LogP contribution is -2.33. The Morgan fingerprint density at radius 1 is 1.29 bits per heavy atom. The second kappa shape index (κ2) is 7.05. The van der Waals surface area contributed by atoms with Crippen LogP contribution in [-0.4, -0.2) is 36.6 Å². The van der Waals surface area contributed by atoms with Gasteiger partial charge in [-0.1, -0.05) is 43.7 Å². The molecule has 2 atom stereocenters. The molecule has 1 N–H and O–H groups in total. The molecule has 1 saturated heterocycles. The van der Waals surface area contributed by atoms with Gasteiger partial charge in [0.1, 0.15) is 6.17 Å². The first kappa shape index (κ1) is 16.0. The number of amides is 1. The van der Waals surface area contributed by atoms with E-state index in [1.165, 1.54) is 5.56 Å². The highest BCUT2D eigenvalue weighted by Gasteiger charge is 2.36. The van der Waals surface area contributed by atoms with Crippen molar-refractivity contribution in [1.82, 2.24) is 10.2 Å². The van der Waals surface area contributed by atoms with Gasteiger partial charge in [0.2, 0.25) is 5.91 Å². The van der Waals surface area contributed by atoms with E-state index in [2.05, 4.69) is 50.4 Å². The van der Waals surface area contributed by atoms with Crippen LogP contribution in [0, 0.1) is 12.8 Å². The third kappa shape index (κ3) is 4.05. The Kier molecular flexibility index (Phi) is 5.37. The van der Waals surface area contributed by atoms with Gasteiger partial charge in [-0.15, -0.1) is 0 Å². The van der Waals surface area contributed by atoms with Crippen molar-refractivity contribution in [3.05, 3.63) is 35.4 Å². The number of ether oxygens (including phenoxy) is 1. The maximum Gasteiger partial charge on any atom is 0.241 e. The van der Waals surface area contributed by atoms with E-state index in [1.807, 2.05) is 11.8 Å². The first-order valence-corrected chi connectivity index (χ1v) is 7.70. The highest BCUT2D eigenvalue weighted by atomic mass is 16.5. The van der Waals surface area contributed by atoms with Crippen LogP contribution in [0.4, 0.5) is 0 Å². The summed E-state index contributed by atoms with van der Waals surface area (Å²) in [6.07, 6.45) is -0.0456. The molecule has 1 aromatic carbocycles. The van der Waals surface area contributed by atoms with Gasteiger partial charge in [-0.25, -0.2) is 0 Å². The summed E-state index contributed by atoms with van der Waals surface area (Å²) in [5.41, 5.74) is 2.35. The number of aryl methyl sites for hydroxylation is 1. The van der Waals surface area contributed by atoms with Gasteiger partial charge >= 0.3 is 0 Å². The third-order valence-corrected chi connectivity index (χ3v) is 3.69. The molecule has 0 aromatic heterocycles. The van der Waals surface area contributed by atoms with Crippen molar-refractivity contribution < 1.29 is 9.53 Å². The number of carbonyl (C=O) groups excluding carboxylic acids is 1. The Hall–Kier alpha value is -1.39. The van der Waals surface area contributed by atoms with Crippen molar-refractivity contribution in [2.75, 3.05) is 19.8 Å². The fourth-order valence-corrected chi connectivity index (χ4v) is 2.52. The zero-order valence-electron chi connectivity index (χ0n) is 13.4. The molecule has 4 nitrogen and oxygen atoms in total. The summed E-state index contributed by atoms with van der Waals surface area (Å²) in [6.45, 7) is 10.2. The number of benzene rings is 1. The second-order valence-electron chi connectivity index (χ2n) is 6.20. The molecule has 0 aliphatic carbocycles. The summed E-state index contributed by atoms with van der Waals surface area (Å²) in [4.78, 5) is 14.2. The van der Waals surface area contributed by atoms with E-state index in [0.717, 1.165) is 12.2 Å². The van der Waals surface area contributed by atoms with Crippen LogP contribution in [0.5, 0.6) is 0 Å². The zero-order chi connectivity index (χ0) is 15.4. The maximum atomic E-state index is 12.3. The summed E-state index contributed by atoms with van der Waals surface area (Å²) in [5.74, 6) is 0.665. The lowest BCUT2D eigenvalue weighted by molar-refractivity contribution is -0.130. The van der Waals surface area contributed by atoms with E-state index in [-0.39, 0.29) is 18.1 Å².